The van der Waals surface area contributed by atoms with Crippen molar-refractivity contribution >= 4 is 11.3 Å². The van der Waals surface area contributed by atoms with Crippen LogP contribution in [0.4, 0.5) is 0 Å². The zero-order chi connectivity index (χ0) is 8.39. The third-order valence-electron chi connectivity index (χ3n) is 2.09. The first kappa shape index (κ1) is 8.23. The van der Waals surface area contributed by atoms with Gasteiger partial charge < -0.3 is 10.1 Å². The van der Waals surface area contributed by atoms with E-state index in [1.807, 2.05) is 0 Å². The van der Waals surface area contributed by atoms with E-state index in [2.05, 4.69) is 29.8 Å². The molecule has 1 saturated heterocycles. The molecule has 2 unspecified atom stereocenters. The molecule has 0 bridgehead atoms. The second-order valence-electron chi connectivity index (χ2n) is 3.12. The Hall–Kier alpha value is -0.380. The van der Waals surface area contributed by atoms with Crippen molar-refractivity contribution in [3.8, 4) is 0 Å². The smallest absolute Gasteiger partial charge is 0.0673 e. The maximum atomic E-state index is 5.56. The van der Waals surface area contributed by atoms with Crippen LogP contribution >= 0.6 is 11.3 Å². The minimum atomic E-state index is 0.362. The van der Waals surface area contributed by atoms with Gasteiger partial charge in [0.2, 0.25) is 0 Å². The number of ether oxygens (including phenoxy) is 1. The summed E-state index contributed by atoms with van der Waals surface area (Å²) < 4.78 is 5.56. The normalized spacial score (nSPS) is 30.4. The maximum Gasteiger partial charge on any atom is 0.0673 e. The second-order valence-corrected chi connectivity index (χ2v) is 4.10. The lowest BCUT2D eigenvalue weighted by atomic mass is 10.2. The van der Waals surface area contributed by atoms with Crippen molar-refractivity contribution in [3.63, 3.8) is 0 Å². The molecule has 0 radical (unpaired) electrons. The number of thiophene rings is 1. The third kappa shape index (κ3) is 1.68. The average Bonchev–Trinajstić information content (AvgIpc) is 2.58. The monoisotopic (exact) mass is 183 g/mol. The van der Waals surface area contributed by atoms with Crippen LogP contribution in [0.3, 0.4) is 0 Å². The molecule has 1 aromatic rings. The predicted molar refractivity (Wildman–Crippen MR) is 50.5 cm³/mol. The molecule has 2 heterocycles. The summed E-state index contributed by atoms with van der Waals surface area (Å²) in [7, 11) is 0. The van der Waals surface area contributed by atoms with Gasteiger partial charge in [-0.25, -0.2) is 0 Å². The molecule has 0 aliphatic carbocycles. The van der Waals surface area contributed by atoms with Crippen LogP contribution in [0.5, 0.6) is 0 Å². The van der Waals surface area contributed by atoms with Crippen molar-refractivity contribution < 1.29 is 4.74 Å². The Morgan fingerprint density at radius 3 is 3.17 bits per heavy atom. The SMILES string of the molecule is CC1CNC(c2cccs2)CO1. The largest absolute Gasteiger partial charge is 0.375 e. The molecule has 3 heteroatoms. The molecule has 2 rings (SSSR count). The second kappa shape index (κ2) is 3.56. The van der Waals surface area contributed by atoms with E-state index in [9.17, 15) is 0 Å². The minimum Gasteiger partial charge on any atom is -0.375 e. The van der Waals surface area contributed by atoms with Crippen LogP contribution in [0.15, 0.2) is 17.5 Å². The zero-order valence-electron chi connectivity index (χ0n) is 7.12. The van der Waals surface area contributed by atoms with Gasteiger partial charge in [0.05, 0.1) is 18.8 Å². The fraction of sp³-hybridized carbons (Fsp3) is 0.556. The Kier molecular flexibility index (Phi) is 2.44. The van der Waals surface area contributed by atoms with Gasteiger partial charge in [-0.1, -0.05) is 6.07 Å². The lowest BCUT2D eigenvalue weighted by molar-refractivity contribution is 0.0157. The first-order valence-corrected chi connectivity index (χ1v) is 5.12. The molecule has 1 fully saturated rings. The predicted octanol–water partition coefficient (Wildman–Crippen LogP) is 1.80. The van der Waals surface area contributed by atoms with Crippen molar-refractivity contribution in [2.45, 2.75) is 19.1 Å². The fourth-order valence-corrected chi connectivity index (χ4v) is 2.15. The molecule has 0 saturated carbocycles. The molecule has 1 aliphatic rings. The lowest BCUT2D eigenvalue weighted by Crippen LogP contribution is -2.39. The van der Waals surface area contributed by atoms with Gasteiger partial charge in [0.25, 0.3) is 0 Å². The Labute approximate surface area is 76.6 Å². The Bertz CT molecular complexity index is 227. The highest BCUT2D eigenvalue weighted by atomic mass is 32.1. The third-order valence-corrected chi connectivity index (χ3v) is 3.07. The first-order valence-electron chi connectivity index (χ1n) is 4.24. The topological polar surface area (TPSA) is 21.3 Å². The Morgan fingerprint density at radius 2 is 2.58 bits per heavy atom. The molecular weight excluding hydrogens is 170 g/mol. The molecule has 2 nitrogen and oxygen atoms in total. The molecule has 2 atom stereocenters. The quantitative estimate of drug-likeness (QED) is 0.717. The van der Waals surface area contributed by atoms with Crippen LogP contribution in [0.2, 0.25) is 0 Å². The van der Waals surface area contributed by atoms with Gasteiger partial charge in [-0.15, -0.1) is 11.3 Å². The summed E-state index contributed by atoms with van der Waals surface area (Å²) in [5.74, 6) is 0. The highest BCUT2D eigenvalue weighted by molar-refractivity contribution is 7.10. The van der Waals surface area contributed by atoms with Crippen LogP contribution in [-0.4, -0.2) is 19.3 Å². The van der Waals surface area contributed by atoms with Gasteiger partial charge >= 0.3 is 0 Å². The van der Waals surface area contributed by atoms with Crippen LogP contribution in [0.25, 0.3) is 0 Å². The van der Waals surface area contributed by atoms with E-state index in [4.69, 9.17) is 4.74 Å². The first-order chi connectivity index (χ1) is 5.86. The molecule has 1 aliphatic heterocycles. The fourth-order valence-electron chi connectivity index (χ4n) is 1.36. The molecule has 0 spiro atoms. The molecule has 1 N–H and O–H groups in total. The standard InChI is InChI=1S/C9H13NOS/c1-7-5-10-8(6-11-7)9-3-2-4-12-9/h2-4,7-8,10H,5-6H2,1H3. The number of rotatable bonds is 1. The van der Waals surface area contributed by atoms with Gasteiger partial charge in [-0.3, -0.25) is 0 Å². The van der Waals surface area contributed by atoms with Crippen LogP contribution < -0.4 is 5.32 Å². The summed E-state index contributed by atoms with van der Waals surface area (Å²) >= 11 is 1.79. The Balaban J connectivity index is 1.99. The molecule has 1 aromatic heterocycles. The van der Waals surface area contributed by atoms with E-state index < -0.39 is 0 Å². The van der Waals surface area contributed by atoms with Crippen LogP contribution in [-0.2, 0) is 4.74 Å². The highest BCUT2D eigenvalue weighted by Gasteiger charge is 2.19. The highest BCUT2D eigenvalue weighted by Crippen LogP contribution is 2.21. The van der Waals surface area contributed by atoms with Gasteiger partial charge in [0, 0.05) is 11.4 Å². The van der Waals surface area contributed by atoms with Crippen molar-refractivity contribution in [2.24, 2.45) is 0 Å². The Morgan fingerprint density at radius 1 is 1.67 bits per heavy atom. The molecule has 0 amide bonds. The summed E-state index contributed by atoms with van der Waals surface area (Å²) in [6.45, 7) is 3.86. The molecule has 0 aromatic carbocycles. The van der Waals surface area contributed by atoms with Gasteiger partial charge in [-0.05, 0) is 18.4 Å². The van der Waals surface area contributed by atoms with E-state index in [0.29, 0.717) is 12.1 Å². The van der Waals surface area contributed by atoms with E-state index in [-0.39, 0.29) is 0 Å². The number of nitrogens with one attached hydrogen (secondary N) is 1. The van der Waals surface area contributed by atoms with E-state index in [1.54, 1.807) is 11.3 Å². The van der Waals surface area contributed by atoms with Crippen molar-refractivity contribution in [1.82, 2.24) is 5.32 Å². The molecule has 12 heavy (non-hydrogen) atoms. The van der Waals surface area contributed by atoms with Gasteiger partial charge in [0.1, 0.15) is 0 Å². The van der Waals surface area contributed by atoms with Gasteiger partial charge in [0.15, 0.2) is 0 Å². The summed E-state index contributed by atoms with van der Waals surface area (Å²) in [6, 6.07) is 4.66. The minimum absolute atomic E-state index is 0.362. The van der Waals surface area contributed by atoms with Crippen molar-refractivity contribution in [3.05, 3.63) is 22.4 Å². The van der Waals surface area contributed by atoms with Crippen molar-refractivity contribution in [2.75, 3.05) is 13.2 Å². The summed E-state index contributed by atoms with van der Waals surface area (Å²) in [6.07, 6.45) is 0.362. The van der Waals surface area contributed by atoms with Crippen molar-refractivity contribution in [1.29, 1.82) is 0 Å². The number of morpholine rings is 1. The lowest BCUT2D eigenvalue weighted by Gasteiger charge is -2.27. The summed E-state index contributed by atoms with van der Waals surface area (Å²) in [5.41, 5.74) is 0. The van der Waals surface area contributed by atoms with Gasteiger partial charge in [-0.2, -0.15) is 0 Å². The average molecular weight is 183 g/mol. The molecule has 66 valence electrons. The number of hydrogen-bond donors (Lipinski definition) is 1. The van der Waals surface area contributed by atoms with E-state index in [0.717, 1.165) is 13.2 Å². The van der Waals surface area contributed by atoms with E-state index in [1.165, 1.54) is 4.88 Å². The van der Waals surface area contributed by atoms with E-state index >= 15 is 0 Å². The summed E-state index contributed by atoms with van der Waals surface area (Å²) in [4.78, 5) is 1.38. The number of hydrogen-bond acceptors (Lipinski definition) is 3. The zero-order valence-corrected chi connectivity index (χ0v) is 7.93. The summed E-state index contributed by atoms with van der Waals surface area (Å²) in [5, 5.41) is 5.56. The maximum absolute atomic E-state index is 5.56. The molecular formula is C9H13NOS. The van der Waals surface area contributed by atoms with Crippen LogP contribution in [0.1, 0.15) is 17.8 Å². The van der Waals surface area contributed by atoms with Crippen LogP contribution in [0, 0.1) is 0 Å².